The summed E-state index contributed by atoms with van der Waals surface area (Å²) >= 11 is 0. The van der Waals surface area contributed by atoms with Gasteiger partial charge in [0.1, 0.15) is 12.9 Å². The first-order valence-electron chi connectivity index (χ1n) is 4.92. The molecule has 1 atom stereocenters. The maximum absolute atomic E-state index is 11.3. The van der Waals surface area contributed by atoms with Gasteiger partial charge >= 0.3 is 0 Å². The molecule has 0 saturated carbocycles. The first kappa shape index (κ1) is 12.1. The standard InChI is InChI=1S/C9H14N6O/c1-7(11)9-13-6-15(14-9)5-8(16)12-4-2-3-10/h6-7H,2,4-5,11H2,1H3,(H,12,16). The minimum absolute atomic E-state index is 0.0884. The Labute approximate surface area is 93.3 Å². The summed E-state index contributed by atoms with van der Waals surface area (Å²) in [5, 5.41) is 14.9. The van der Waals surface area contributed by atoms with Crippen LogP contribution in [0.4, 0.5) is 0 Å². The van der Waals surface area contributed by atoms with Crippen molar-refractivity contribution >= 4 is 5.91 Å². The molecule has 7 nitrogen and oxygen atoms in total. The van der Waals surface area contributed by atoms with Crippen molar-refractivity contribution in [2.75, 3.05) is 6.54 Å². The van der Waals surface area contributed by atoms with E-state index in [-0.39, 0.29) is 18.5 Å². The summed E-state index contributed by atoms with van der Waals surface area (Å²) in [6.45, 7) is 2.21. The smallest absolute Gasteiger partial charge is 0.241 e. The minimum atomic E-state index is -0.247. The van der Waals surface area contributed by atoms with Crippen LogP contribution in [-0.4, -0.2) is 27.2 Å². The van der Waals surface area contributed by atoms with Crippen molar-refractivity contribution in [3.05, 3.63) is 12.2 Å². The monoisotopic (exact) mass is 222 g/mol. The lowest BCUT2D eigenvalue weighted by Crippen LogP contribution is -2.28. The Kier molecular flexibility index (Phi) is 4.42. The van der Waals surface area contributed by atoms with Crippen LogP contribution in [0.2, 0.25) is 0 Å². The maximum Gasteiger partial charge on any atom is 0.241 e. The van der Waals surface area contributed by atoms with Gasteiger partial charge in [-0.2, -0.15) is 10.4 Å². The van der Waals surface area contributed by atoms with Crippen LogP contribution in [-0.2, 0) is 11.3 Å². The Balaban J connectivity index is 2.41. The van der Waals surface area contributed by atoms with Gasteiger partial charge in [-0.25, -0.2) is 9.67 Å². The molecule has 0 aliphatic carbocycles. The van der Waals surface area contributed by atoms with Crippen LogP contribution >= 0.6 is 0 Å². The zero-order chi connectivity index (χ0) is 12.0. The minimum Gasteiger partial charge on any atom is -0.353 e. The molecule has 3 N–H and O–H groups in total. The quantitative estimate of drug-likeness (QED) is 0.642. The number of carbonyl (C=O) groups excluding carboxylic acids is 1. The molecule has 7 heteroatoms. The highest BCUT2D eigenvalue weighted by Gasteiger charge is 2.07. The van der Waals surface area contributed by atoms with Gasteiger partial charge < -0.3 is 11.1 Å². The molecule has 1 amide bonds. The van der Waals surface area contributed by atoms with Crippen LogP contribution in [0.3, 0.4) is 0 Å². The fourth-order valence-electron chi connectivity index (χ4n) is 1.05. The van der Waals surface area contributed by atoms with E-state index in [1.165, 1.54) is 11.0 Å². The van der Waals surface area contributed by atoms with Crippen molar-refractivity contribution in [1.82, 2.24) is 20.1 Å². The molecule has 16 heavy (non-hydrogen) atoms. The molecule has 0 aromatic carbocycles. The summed E-state index contributed by atoms with van der Waals surface area (Å²) in [5.41, 5.74) is 5.58. The molecule has 1 heterocycles. The van der Waals surface area contributed by atoms with E-state index in [2.05, 4.69) is 15.4 Å². The van der Waals surface area contributed by atoms with E-state index in [0.717, 1.165) is 0 Å². The zero-order valence-electron chi connectivity index (χ0n) is 9.05. The topological polar surface area (TPSA) is 110 Å². The Hall–Kier alpha value is -1.94. The third-order valence-electron chi connectivity index (χ3n) is 1.83. The third kappa shape index (κ3) is 3.67. The number of nitrogens with two attached hydrogens (primary N) is 1. The lowest BCUT2D eigenvalue weighted by atomic mass is 10.4. The second-order valence-corrected chi connectivity index (χ2v) is 3.35. The average Bonchev–Trinajstić information content (AvgIpc) is 2.66. The van der Waals surface area contributed by atoms with E-state index >= 15 is 0 Å². The molecule has 0 fully saturated rings. The van der Waals surface area contributed by atoms with Crippen LogP contribution in [0.5, 0.6) is 0 Å². The number of carbonyl (C=O) groups is 1. The summed E-state index contributed by atoms with van der Waals surface area (Å²) in [7, 11) is 0. The van der Waals surface area contributed by atoms with Crippen LogP contribution < -0.4 is 11.1 Å². The average molecular weight is 222 g/mol. The normalized spacial score (nSPS) is 11.8. The summed E-state index contributed by atoms with van der Waals surface area (Å²) in [6.07, 6.45) is 1.76. The summed E-state index contributed by atoms with van der Waals surface area (Å²) in [6, 6.07) is 1.69. The molecule has 0 bridgehead atoms. The number of rotatable bonds is 5. The van der Waals surface area contributed by atoms with Gasteiger partial charge in [0.15, 0.2) is 5.82 Å². The molecule has 1 unspecified atom stereocenters. The fourth-order valence-corrected chi connectivity index (χ4v) is 1.05. The van der Waals surface area contributed by atoms with Crippen LogP contribution in [0.25, 0.3) is 0 Å². The van der Waals surface area contributed by atoms with Gasteiger partial charge in [0.2, 0.25) is 5.91 Å². The second kappa shape index (κ2) is 5.82. The number of nitrogens with zero attached hydrogens (tertiary/aromatic N) is 4. The number of amides is 1. The largest absolute Gasteiger partial charge is 0.353 e. The first-order valence-corrected chi connectivity index (χ1v) is 4.92. The molecular weight excluding hydrogens is 208 g/mol. The van der Waals surface area contributed by atoms with Crippen molar-refractivity contribution in [3.8, 4) is 6.07 Å². The van der Waals surface area contributed by atoms with E-state index in [1.54, 1.807) is 6.92 Å². The fraction of sp³-hybridized carbons (Fsp3) is 0.556. The highest BCUT2D eigenvalue weighted by Crippen LogP contribution is 2.00. The molecule has 0 aliphatic rings. The van der Waals surface area contributed by atoms with Crippen molar-refractivity contribution in [2.45, 2.75) is 25.9 Å². The predicted molar refractivity (Wildman–Crippen MR) is 55.9 cm³/mol. The van der Waals surface area contributed by atoms with E-state index in [1.807, 2.05) is 6.07 Å². The second-order valence-electron chi connectivity index (χ2n) is 3.35. The van der Waals surface area contributed by atoms with E-state index in [9.17, 15) is 4.79 Å². The highest BCUT2D eigenvalue weighted by atomic mass is 16.2. The highest BCUT2D eigenvalue weighted by molar-refractivity contribution is 5.75. The Bertz CT molecular complexity index is 391. The summed E-state index contributed by atoms with van der Waals surface area (Å²) in [4.78, 5) is 15.3. The van der Waals surface area contributed by atoms with Gasteiger partial charge in [0.25, 0.3) is 0 Å². The number of nitrogens with one attached hydrogen (secondary N) is 1. The van der Waals surface area contributed by atoms with Crippen molar-refractivity contribution in [1.29, 1.82) is 5.26 Å². The molecule has 1 aromatic heterocycles. The SMILES string of the molecule is CC(N)c1ncn(CC(=O)NCCC#N)n1. The maximum atomic E-state index is 11.3. The number of aromatic nitrogens is 3. The van der Waals surface area contributed by atoms with Gasteiger partial charge in [0, 0.05) is 6.54 Å². The van der Waals surface area contributed by atoms with Crippen LogP contribution in [0.15, 0.2) is 6.33 Å². The van der Waals surface area contributed by atoms with Gasteiger partial charge in [-0.3, -0.25) is 4.79 Å². The lowest BCUT2D eigenvalue weighted by Gasteiger charge is -2.02. The summed E-state index contributed by atoms with van der Waals surface area (Å²) < 4.78 is 1.42. The third-order valence-corrected chi connectivity index (χ3v) is 1.83. The number of hydrogen-bond acceptors (Lipinski definition) is 5. The molecule has 86 valence electrons. The number of nitriles is 1. The summed E-state index contributed by atoms with van der Waals surface area (Å²) in [5.74, 6) is 0.307. The van der Waals surface area contributed by atoms with Gasteiger partial charge in [-0.15, -0.1) is 0 Å². The lowest BCUT2D eigenvalue weighted by molar-refractivity contribution is -0.121. The molecule has 1 rings (SSSR count). The molecule has 0 spiro atoms. The van der Waals surface area contributed by atoms with Crippen LogP contribution in [0, 0.1) is 11.3 Å². The van der Waals surface area contributed by atoms with Crippen molar-refractivity contribution in [2.24, 2.45) is 5.73 Å². The zero-order valence-corrected chi connectivity index (χ0v) is 9.05. The number of hydrogen-bond donors (Lipinski definition) is 2. The molecule has 1 aromatic rings. The Morgan fingerprint density at radius 3 is 3.12 bits per heavy atom. The van der Waals surface area contributed by atoms with Gasteiger partial charge in [-0.1, -0.05) is 0 Å². The Morgan fingerprint density at radius 1 is 1.81 bits per heavy atom. The Morgan fingerprint density at radius 2 is 2.56 bits per heavy atom. The predicted octanol–water partition coefficient (Wildman–Crippen LogP) is -0.672. The molecule has 0 aliphatic heterocycles. The molecular formula is C9H14N6O. The van der Waals surface area contributed by atoms with E-state index in [0.29, 0.717) is 18.8 Å². The first-order chi connectivity index (χ1) is 7.63. The van der Waals surface area contributed by atoms with Crippen molar-refractivity contribution < 1.29 is 4.79 Å². The van der Waals surface area contributed by atoms with E-state index < -0.39 is 0 Å². The van der Waals surface area contributed by atoms with Crippen molar-refractivity contribution in [3.63, 3.8) is 0 Å². The van der Waals surface area contributed by atoms with Gasteiger partial charge in [-0.05, 0) is 6.92 Å². The molecule has 0 saturated heterocycles. The molecule has 0 radical (unpaired) electrons. The van der Waals surface area contributed by atoms with Crippen LogP contribution in [0.1, 0.15) is 25.2 Å². The van der Waals surface area contributed by atoms with E-state index in [4.69, 9.17) is 11.0 Å². The van der Waals surface area contributed by atoms with Gasteiger partial charge in [0.05, 0.1) is 18.5 Å².